The Kier molecular flexibility index (Phi) is 23.1. The highest BCUT2D eigenvalue weighted by molar-refractivity contribution is 5.10. The van der Waals surface area contributed by atoms with Crippen LogP contribution in [0.2, 0.25) is 0 Å². The van der Waals surface area contributed by atoms with Gasteiger partial charge in [0, 0.05) is 26.1 Å². The number of ether oxygens (including phenoxy) is 12. The summed E-state index contributed by atoms with van der Waals surface area (Å²) in [5, 5.41) is 248. The zero-order valence-corrected chi connectivity index (χ0v) is 40.3. The van der Waals surface area contributed by atoms with Crippen LogP contribution in [0.5, 0.6) is 0 Å². The van der Waals surface area contributed by atoms with Gasteiger partial charge in [0.05, 0.1) is 33.0 Å². The summed E-state index contributed by atoms with van der Waals surface area (Å²) in [4.78, 5) is 0. The van der Waals surface area contributed by atoms with E-state index in [-0.39, 0.29) is 0 Å². The predicted octanol–water partition coefficient (Wildman–Crippen LogP) is -12.1. The van der Waals surface area contributed by atoms with Crippen molar-refractivity contribution in [1.82, 2.24) is 0 Å². The smallest absolute Gasteiger partial charge is 0.218 e. The first-order valence-electron chi connectivity index (χ1n) is 24.0. The number of hydrogen-bond acceptors (Lipinski definition) is 35. The van der Waals surface area contributed by atoms with Crippen molar-refractivity contribution < 1.29 is 174 Å². The van der Waals surface area contributed by atoms with Crippen molar-refractivity contribution in [2.75, 3.05) is 46.2 Å². The molecule has 11 aliphatic rings. The lowest BCUT2D eigenvalue weighted by molar-refractivity contribution is -0.390. The molecule has 11 rings (SSSR count). The van der Waals surface area contributed by atoms with Crippen molar-refractivity contribution in [3.8, 4) is 0 Å². The van der Waals surface area contributed by atoms with Gasteiger partial charge in [0.15, 0.2) is 54.5 Å². The molecule has 0 aromatic heterocycles. The third-order valence-electron chi connectivity index (χ3n) is 13.5. The molecule has 0 aromatic carbocycles. The van der Waals surface area contributed by atoms with Crippen molar-refractivity contribution in [2.24, 2.45) is 0 Å². The normalized spacial score (nSPS) is 50.4. The summed E-state index contributed by atoms with van der Waals surface area (Å²) >= 11 is 0. The molecule has 0 aliphatic carbocycles. The van der Waals surface area contributed by atoms with Gasteiger partial charge in [0.1, 0.15) is 134 Å². The summed E-state index contributed by atoms with van der Waals surface area (Å²) in [6.07, 6.45) is -62.8. The summed E-state index contributed by atoms with van der Waals surface area (Å²) in [6.45, 7) is -7.25. The zero-order chi connectivity index (χ0) is 56.9. The highest BCUT2D eigenvalue weighted by Gasteiger charge is 2.57. The molecule has 0 radical (unpaired) electrons. The van der Waals surface area contributed by atoms with Crippen LogP contribution in [-0.2, 0) is 56.8 Å². The van der Waals surface area contributed by atoms with E-state index in [0.29, 0.717) is 0 Å². The highest BCUT2D eigenvalue weighted by Crippen LogP contribution is 2.37. The molecule has 5 fully saturated rings. The Bertz CT molecular complexity index is 1880. The SMILES string of the molecule is OCCC1OC2OC(CO)C(OC(O)/C(O)=C(\O)C(CCO)OC3OC(CO)C(OC4OC(CO)C(OC5OC(CO)C(OC6OC(CO)C(OC(O)/C(O)=C\1O)C(O)C6O)C(O)C5O)C(O)C4O)C(O)C3O)C(O)C2O. The molecular weight excluding hydrogens is 1060 g/mol. The Morgan fingerprint density at radius 3 is 0.662 bits per heavy atom. The second-order valence-electron chi connectivity index (χ2n) is 18.6. The molecule has 0 spiro atoms. The summed E-state index contributed by atoms with van der Waals surface area (Å²) in [5.41, 5.74) is 0. The van der Waals surface area contributed by atoms with Crippen LogP contribution in [0.3, 0.4) is 0 Å². The predicted molar refractivity (Wildman–Crippen MR) is 233 cm³/mol. The minimum absolute atomic E-state index is 0.692. The zero-order valence-electron chi connectivity index (χ0n) is 40.3. The molecule has 11 heterocycles. The summed E-state index contributed by atoms with van der Waals surface area (Å²) < 4.78 is 66.3. The topological polar surface area (TPSA) is 576 Å². The maximum Gasteiger partial charge on any atom is 0.218 e. The first kappa shape index (κ1) is 63.6. The van der Waals surface area contributed by atoms with Crippen LogP contribution in [0.15, 0.2) is 23.0 Å². The van der Waals surface area contributed by atoms with E-state index in [1.165, 1.54) is 0 Å². The van der Waals surface area contributed by atoms with Crippen molar-refractivity contribution in [1.29, 1.82) is 0 Å². The fraction of sp³-hybridized carbons (Fsp3) is 0.905. The third-order valence-corrected chi connectivity index (χ3v) is 13.5. The molecular formula is C42H70O35. The number of aliphatic hydroxyl groups excluding tert-OH is 23. The summed E-state index contributed by atoms with van der Waals surface area (Å²) in [5.74, 6) is -5.81. The average molecular weight is 1130 g/mol. The lowest BCUT2D eigenvalue weighted by atomic mass is 9.95. The maximum absolute atomic E-state index is 11.3. The molecule has 11 aliphatic heterocycles. The second kappa shape index (κ2) is 27.9. The van der Waals surface area contributed by atoms with Crippen LogP contribution in [0.1, 0.15) is 12.8 Å². The molecule has 29 atom stereocenters. The molecule has 23 N–H and O–H groups in total. The average Bonchev–Trinajstić information content (AvgIpc) is 3.42. The maximum atomic E-state index is 11.3. The van der Waals surface area contributed by atoms with Gasteiger partial charge in [-0.05, 0) is 0 Å². The fourth-order valence-electron chi connectivity index (χ4n) is 9.24. The van der Waals surface area contributed by atoms with Gasteiger partial charge < -0.3 is 174 Å². The van der Waals surface area contributed by atoms with Gasteiger partial charge in [-0.25, -0.2) is 0 Å². The second-order valence-corrected chi connectivity index (χ2v) is 18.6. The highest BCUT2D eigenvalue weighted by atomic mass is 16.8. The summed E-state index contributed by atoms with van der Waals surface area (Å²) in [7, 11) is 0. The van der Waals surface area contributed by atoms with Crippen molar-refractivity contribution in [3.63, 3.8) is 0 Å². The van der Waals surface area contributed by atoms with Gasteiger partial charge in [-0.15, -0.1) is 0 Å². The number of fused-ring (bicyclic) bond motifs is 5. The van der Waals surface area contributed by atoms with Crippen LogP contribution >= 0.6 is 0 Å². The number of hydrogen-bond donors (Lipinski definition) is 23. The van der Waals surface area contributed by atoms with E-state index in [1.54, 1.807) is 0 Å². The third kappa shape index (κ3) is 13.7. The van der Waals surface area contributed by atoms with Gasteiger partial charge in [-0.3, -0.25) is 0 Å². The molecule has 448 valence electrons. The van der Waals surface area contributed by atoms with Crippen molar-refractivity contribution >= 4 is 0 Å². The van der Waals surface area contributed by atoms with E-state index >= 15 is 0 Å². The standard InChI is InChI=1S/C42H70O35/c43-3-1-10-17(50)25(58)37(65)74-32-13(6-46)70-40(28(61)20(32)53)76-34-15(8-48)72-42(30(63)22(34)55)77-35-16(9-49)71-41(29(62)23(35)56)75-33-14(7-47)69-39(27(60)21(33)54)67-11(2-4-44)18(51)24(57)36(64)73-31-12(5-45)68-38(66-10)26(59)19(31)52/h10-16,19-23,26-65H,1-9H2/b24-18+,25-17-. The largest absolute Gasteiger partial charge is 0.506 e. The minimum Gasteiger partial charge on any atom is -0.506 e. The summed E-state index contributed by atoms with van der Waals surface area (Å²) in [6, 6.07) is 0. The molecule has 0 saturated carbocycles. The molecule has 29 unspecified atom stereocenters. The molecule has 35 nitrogen and oxygen atoms in total. The van der Waals surface area contributed by atoms with Gasteiger partial charge in [-0.1, -0.05) is 0 Å². The lowest BCUT2D eigenvalue weighted by Crippen LogP contribution is -2.67. The minimum atomic E-state index is -2.73. The Morgan fingerprint density at radius 2 is 0.455 bits per heavy atom. The van der Waals surface area contributed by atoms with Crippen molar-refractivity contribution in [3.05, 3.63) is 23.0 Å². The van der Waals surface area contributed by atoms with Gasteiger partial charge in [0.25, 0.3) is 0 Å². The van der Waals surface area contributed by atoms with Crippen LogP contribution in [0.25, 0.3) is 0 Å². The van der Waals surface area contributed by atoms with Crippen molar-refractivity contribution in [2.45, 2.75) is 191 Å². The van der Waals surface area contributed by atoms with E-state index in [4.69, 9.17) is 56.8 Å². The number of rotatable bonds is 9. The first-order chi connectivity index (χ1) is 36.5. The Balaban J connectivity index is 1.33. The van der Waals surface area contributed by atoms with E-state index < -0.39 is 260 Å². The van der Waals surface area contributed by atoms with E-state index in [2.05, 4.69) is 0 Å². The molecule has 35 heteroatoms. The molecule has 5 saturated heterocycles. The van der Waals surface area contributed by atoms with Gasteiger partial charge >= 0.3 is 0 Å². The first-order valence-corrected chi connectivity index (χ1v) is 24.0. The Hall–Kier alpha value is -2.56. The fourth-order valence-corrected chi connectivity index (χ4v) is 9.24. The van der Waals surface area contributed by atoms with Crippen LogP contribution in [0.4, 0.5) is 0 Å². The molecule has 0 aromatic rings. The van der Waals surface area contributed by atoms with Gasteiger partial charge in [0.2, 0.25) is 12.6 Å². The monoisotopic (exact) mass is 1130 g/mol. The van der Waals surface area contributed by atoms with Crippen LogP contribution < -0.4 is 0 Å². The Morgan fingerprint density at radius 1 is 0.247 bits per heavy atom. The molecule has 0 amide bonds. The molecule has 10 bridgehead atoms. The Labute approximate surface area is 434 Å². The van der Waals surface area contributed by atoms with E-state index in [9.17, 15) is 117 Å². The van der Waals surface area contributed by atoms with E-state index in [1.807, 2.05) is 0 Å². The van der Waals surface area contributed by atoms with Crippen LogP contribution in [-0.4, -0.2) is 342 Å². The van der Waals surface area contributed by atoms with E-state index in [0.717, 1.165) is 0 Å². The lowest BCUT2D eigenvalue weighted by Gasteiger charge is -2.49. The van der Waals surface area contributed by atoms with Crippen LogP contribution in [0, 0.1) is 0 Å². The number of aliphatic hydroxyl groups is 23. The quantitative estimate of drug-likeness (QED) is 0.102. The molecule has 77 heavy (non-hydrogen) atoms. The van der Waals surface area contributed by atoms with Gasteiger partial charge in [-0.2, -0.15) is 0 Å².